The highest BCUT2D eigenvalue weighted by atomic mass is 16.1. The Bertz CT molecular complexity index is 286. The molecule has 4 heteroatoms. The standard InChI is InChI=1S/C8H11N3O/c1-2-3-6-4-10-8(9)7(5-12)11-6/h4-5H,2-3H2,1H3,(H2,9,10). The number of hydrogen-bond acceptors (Lipinski definition) is 4. The number of nitrogens with two attached hydrogens (primary N) is 1. The third-order valence-corrected chi connectivity index (χ3v) is 1.50. The molecule has 0 aliphatic rings. The number of rotatable bonds is 3. The van der Waals surface area contributed by atoms with E-state index < -0.39 is 0 Å². The van der Waals surface area contributed by atoms with Crippen LogP contribution in [0.2, 0.25) is 0 Å². The second-order valence-electron chi connectivity index (χ2n) is 2.50. The van der Waals surface area contributed by atoms with Crippen molar-refractivity contribution in [2.24, 2.45) is 0 Å². The SMILES string of the molecule is CCCc1cnc(N)c(C=O)n1. The van der Waals surface area contributed by atoms with Crippen molar-refractivity contribution < 1.29 is 4.79 Å². The maximum atomic E-state index is 10.4. The van der Waals surface area contributed by atoms with E-state index in [1.807, 2.05) is 6.92 Å². The van der Waals surface area contributed by atoms with Crippen LogP contribution in [0.5, 0.6) is 0 Å². The Balaban J connectivity index is 2.96. The van der Waals surface area contributed by atoms with E-state index in [1.165, 1.54) is 0 Å². The Morgan fingerprint density at radius 1 is 1.67 bits per heavy atom. The van der Waals surface area contributed by atoms with Crippen LogP contribution in [0.25, 0.3) is 0 Å². The van der Waals surface area contributed by atoms with Gasteiger partial charge in [-0.1, -0.05) is 13.3 Å². The number of carbonyl (C=O) groups is 1. The number of nitrogens with zero attached hydrogens (tertiary/aromatic N) is 2. The van der Waals surface area contributed by atoms with Crippen molar-refractivity contribution in [3.63, 3.8) is 0 Å². The highest BCUT2D eigenvalue weighted by Crippen LogP contribution is 2.04. The lowest BCUT2D eigenvalue weighted by molar-refractivity contribution is 0.111. The molecule has 1 heterocycles. The number of aromatic nitrogens is 2. The fourth-order valence-corrected chi connectivity index (χ4v) is 0.914. The third-order valence-electron chi connectivity index (χ3n) is 1.50. The Morgan fingerprint density at radius 3 is 3.00 bits per heavy atom. The molecule has 0 saturated carbocycles. The molecule has 0 spiro atoms. The zero-order valence-electron chi connectivity index (χ0n) is 6.95. The van der Waals surface area contributed by atoms with E-state index in [-0.39, 0.29) is 11.5 Å². The first-order chi connectivity index (χ1) is 5.77. The number of nitrogen functional groups attached to an aromatic ring is 1. The number of carbonyl (C=O) groups excluding carboxylic acids is 1. The van der Waals surface area contributed by atoms with Gasteiger partial charge in [-0.2, -0.15) is 0 Å². The first kappa shape index (κ1) is 8.64. The summed E-state index contributed by atoms with van der Waals surface area (Å²) in [5, 5.41) is 0. The molecule has 0 aliphatic carbocycles. The molecular weight excluding hydrogens is 154 g/mol. The van der Waals surface area contributed by atoms with Gasteiger partial charge in [0.15, 0.2) is 12.1 Å². The first-order valence-corrected chi connectivity index (χ1v) is 3.84. The predicted molar refractivity (Wildman–Crippen MR) is 45.8 cm³/mol. The maximum absolute atomic E-state index is 10.4. The van der Waals surface area contributed by atoms with Crippen molar-refractivity contribution in [2.45, 2.75) is 19.8 Å². The molecule has 1 rings (SSSR count). The average molecular weight is 165 g/mol. The summed E-state index contributed by atoms with van der Waals surface area (Å²) in [7, 11) is 0. The van der Waals surface area contributed by atoms with Gasteiger partial charge >= 0.3 is 0 Å². The molecule has 0 fully saturated rings. The minimum atomic E-state index is 0.199. The van der Waals surface area contributed by atoms with Crippen LogP contribution < -0.4 is 5.73 Å². The second kappa shape index (κ2) is 3.80. The summed E-state index contributed by atoms with van der Waals surface area (Å²) in [5.74, 6) is 0.199. The van der Waals surface area contributed by atoms with E-state index in [4.69, 9.17) is 5.73 Å². The van der Waals surface area contributed by atoms with E-state index in [2.05, 4.69) is 9.97 Å². The fourth-order valence-electron chi connectivity index (χ4n) is 0.914. The van der Waals surface area contributed by atoms with Crippen LogP contribution in [0, 0.1) is 0 Å². The van der Waals surface area contributed by atoms with Gasteiger partial charge in [0.25, 0.3) is 0 Å². The molecule has 0 aromatic carbocycles. The zero-order valence-corrected chi connectivity index (χ0v) is 6.95. The normalized spacial score (nSPS) is 9.75. The molecule has 4 nitrogen and oxygen atoms in total. The molecule has 0 atom stereocenters. The van der Waals surface area contributed by atoms with Gasteiger partial charge in [-0.25, -0.2) is 9.97 Å². The number of hydrogen-bond donors (Lipinski definition) is 1. The van der Waals surface area contributed by atoms with Crippen molar-refractivity contribution in [3.05, 3.63) is 17.6 Å². The topological polar surface area (TPSA) is 68.9 Å². The lowest BCUT2D eigenvalue weighted by Gasteiger charge is -1.99. The minimum Gasteiger partial charge on any atom is -0.382 e. The van der Waals surface area contributed by atoms with Crippen LogP contribution in [-0.4, -0.2) is 16.3 Å². The molecule has 2 N–H and O–H groups in total. The van der Waals surface area contributed by atoms with Crippen molar-refractivity contribution in [1.29, 1.82) is 0 Å². The highest BCUT2D eigenvalue weighted by molar-refractivity contribution is 5.78. The van der Waals surface area contributed by atoms with E-state index in [0.29, 0.717) is 6.29 Å². The van der Waals surface area contributed by atoms with Crippen LogP contribution in [0.3, 0.4) is 0 Å². The third kappa shape index (κ3) is 1.78. The molecule has 64 valence electrons. The van der Waals surface area contributed by atoms with Crippen molar-refractivity contribution in [3.8, 4) is 0 Å². The fraction of sp³-hybridized carbons (Fsp3) is 0.375. The summed E-state index contributed by atoms with van der Waals surface area (Å²) in [6.45, 7) is 2.04. The van der Waals surface area contributed by atoms with E-state index in [1.54, 1.807) is 6.20 Å². The monoisotopic (exact) mass is 165 g/mol. The van der Waals surface area contributed by atoms with Crippen LogP contribution in [-0.2, 0) is 6.42 Å². The Labute approximate surface area is 70.8 Å². The first-order valence-electron chi connectivity index (χ1n) is 3.84. The van der Waals surface area contributed by atoms with Gasteiger partial charge < -0.3 is 5.73 Å². The van der Waals surface area contributed by atoms with Gasteiger partial charge in [-0.05, 0) is 6.42 Å². The van der Waals surface area contributed by atoms with Crippen molar-refractivity contribution in [2.75, 3.05) is 5.73 Å². The molecule has 1 aromatic rings. The molecule has 12 heavy (non-hydrogen) atoms. The quantitative estimate of drug-likeness (QED) is 0.673. The van der Waals surface area contributed by atoms with Gasteiger partial charge in [0, 0.05) is 0 Å². The van der Waals surface area contributed by atoms with Gasteiger partial charge in [0.1, 0.15) is 5.69 Å². The van der Waals surface area contributed by atoms with E-state index >= 15 is 0 Å². The van der Waals surface area contributed by atoms with E-state index in [9.17, 15) is 4.79 Å². The number of aryl methyl sites for hydroxylation is 1. The van der Waals surface area contributed by atoms with Gasteiger partial charge in [0.05, 0.1) is 11.9 Å². The summed E-state index contributed by atoms with van der Waals surface area (Å²) in [6.07, 6.45) is 4.04. The van der Waals surface area contributed by atoms with Crippen molar-refractivity contribution >= 4 is 12.1 Å². The summed E-state index contributed by atoms with van der Waals surface area (Å²) in [6, 6.07) is 0. The lowest BCUT2D eigenvalue weighted by Crippen LogP contribution is -2.02. The molecule has 0 saturated heterocycles. The van der Waals surface area contributed by atoms with Gasteiger partial charge in [0.2, 0.25) is 0 Å². The van der Waals surface area contributed by atoms with Crippen molar-refractivity contribution in [1.82, 2.24) is 9.97 Å². The highest BCUT2D eigenvalue weighted by Gasteiger charge is 2.01. The summed E-state index contributed by atoms with van der Waals surface area (Å²) in [4.78, 5) is 18.3. The molecule has 0 unspecified atom stereocenters. The maximum Gasteiger partial charge on any atom is 0.172 e. The summed E-state index contributed by atoms with van der Waals surface area (Å²) in [5.41, 5.74) is 6.44. The predicted octanol–water partition coefficient (Wildman–Crippen LogP) is 0.824. The minimum absolute atomic E-state index is 0.199. The number of anilines is 1. The van der Waals surface area contributed by atoms with Crippen LogP contribution in [0.15, 0.2) is 6.20 Å². The van der Waals surface area contributed by atoms with Gasteiger partial charge in [-0.3, -0.25) is 4.79 Å². The average Bonchev–Trinajstić information content (AvgIpc) is 2.09. The Kier molecular flexibility index (Phi) is 2.74. The lowest BCUT2D eigenvalue weighted by atomic mass is 10.2. The zero-order chi connectivity index (χ0) is 8.97. The van der Waals surface area contributed by atoms with Gasteiger partial charge in [-0.15, -0.1) is 0 Å². The summed E-state index contributed by atoms with van der Waals surface area (Å²) < 4.78 is 0. The molecule has 0 aliphatic heterocycles. The largest absolute Gasteiger partial charge is 0.382 e. The van der Waals surface area contributed by atoms with E-state index in [0.717, 1.165) is 18.5 Å². The Hall–Kier alpha value is -1.45. The second-order valence-corrected chi connectivity index (χ2v) is 2.50. The Morgan fingerprint density at radius 2 is 2.42 bits per heavy atom. The van der Waals surface area contributed by atoms with Crippen LogP contribution >= 0.6 is 0 Å². The summed E-state index contributed by atoms with van der Waals surface area (Å²) >= 11 is 0. The molecule has 0 radical (unpaired) electrons. The smallest absolute Gasteiger partial charge is 0.172 e. The number of aldehydes is 1. The molecule has 0 bridgehead atoms. The van der Waals surface area contributed by atoms with Crippen LogP contribution in [0.1, 0.15) is 29.5 Å². The molecule has 0 amide bonds. The van der Waals surface area contributed by atoms with Crippen LogP contribution in [0.4, 0.5) is 5.82 Å². The molecule has 1 aromatic heterocycles. The molecular formula is C8H11N3O.